The second-order valence-corrected chi connectivity index (χ2v) is 7.69. The lowest BCUT2D eigenvalue weighted by Crippen LogP contribution is -2.37. The molecule has 0 aromatic carbocycles. The van der Waals surface area contributed by atoms with E-state index in [-0.39, 0.29) is 5.56 Å². The molecule has 2 heterocycles. The highest BCUT2D eigenvalue weighted by atomic mass is 32.1. The van der Waals surface area contributed by atoms with Gasteiger partial charge in [0.2, 0.25) is 0 Å². The van der Waals surface area contributed by atoms with Crippen molar-refractivity contribution in [3.8, 4) is 0 Å². The third-order valence-corrected chi connectivity index (χ3v) is 6.02. The summed E-state index contributed by atoms with van der Waals surface area (Å²) >= 11 is 7.01. The van der Waals surface area contributed by atoms with Crippen molar-refractivity contribution in [2.24, 2.45) is 0 Å². The lowest BCUT2D eigenvalue weighted by atomic mass is 10.2. The Hall–Kier alpha value is -0.980. The molecule has 0 amide bonds. The maximum absolute atomic E-state index is 12.8. The first-order valence-corrected chi connectivity index (χ1v) is 8.57. The second-order valence-electron chi connectivity index (χ2n) is 6.08. The van der Waals surface area contributed by atoms with Crippen LogP contribution in [0.2, 0.25) is 0 Å². The largest absolute Gasteiger partial charge is 0.323 e. The Morgan fingerprint density at radius 2 is 2.14 bits per heavy atom. The average molecular weight is 323 g/mol. The molecule has 0 spiro atoms. The molecule has 0 radical (unpaired) electrons. The van der Waals surface area contributed by atoms with E-state index in [1.165, 1.54) is 17.7 Å². The van der Waals surface area contributed by atoms with Gasteiger partial charge in [-0.1, -0.05) is 0 Å². The van der Waals surface area contributed by atoms with Crippen molar-refractivity contribution < 1.29 is 0 Å². The molecule has 21 heavy (non-hydrogen) atoms. The number of thiophene rings is 1. The summed E-state index contributed by atoms with van der Waals surface area (Å²) in [6, 6.07) is 0.991. The minimum absolute atomic E-state index is 0.0478. The second kappa shape index (κ2) is 5.34. The highest BCUT2D eigenvalue weighted by molar-refractivity contribution is 7.71. The van der Waals surface area contributed by atoms with Crippen LogP contribution in [0.4, 0.5) is 0 Å². The third-order valence-electron chi connectivity index (χ3n) is 4.57. The van der Waals surface area contributed by atoms with Crippen molar-refractivity contribution in [3.63, 3.8) is 0 Å². The van der Waals surface area contributed by atoms with Gasteiger partial charge in [0, 0.05) is 23.5 Å². The van der Waals surface area contributed by atoms with Crippen LogP contribution in [-0.2, 0) is 6.54 Å². The maximum Gasteiger partial charge on any atom is 0.263 e. The number of likely N-dealkylation sites (N-methyl/N-ethyl adjacent to an activating group) is 1. The Kier molecular flexibility index (Phi) is 3.80. The number of fused-ring (bicyclic) bond motifs is 1. The van der Waals surface area contributed by atoms with Crippen LogP contribution in [0, 0.1) is 18.6 Å². The Morgan fingerprint density at radius 1 is 1.48 bits per heavy atom. The summed E-state index contributed by atoms with van der Waals surface area (Å²) < 4.78 is 2.25. The fourth-order valence-electron chi connectivity index (χ4n) is 2.76. The van der Waals surface area contributed by atoms with E-state index in [9.17, 15) is 4.79 Å². The topological polar surface area (TPSA) is 41.0 Å². The number of hydrogen-bond donors (Lipinski definition) is 1. The van der Waals surface area contributed by atoms with Crippen molar-refractivity contribution >= 4 is 33.8 Å². The van der Waals surface area contributed by atoms with Crippen molar-refractivity contribution in [1.29, 1.82) is 0 Å². The number of aromatic amines is 1. The number of aryl methyl sites for hydroxylation is 2. The van der Waals surface area contributed by atoms with E-state index in [0.717, 1.165) is 15.8 Å². The van der Waals surface area contributed by atoms with Gasteiger partial charge >= 0.3 is 0 Å². The lowest BCUT2D eigenvalue weighted by Gasteiger charge is -2.25. The molecule has 2 aromatic rings. The Morgan fingerprint density at radius 3 is 2.76 bits per heavy atom. The third kappa shape index (κ3) is 2.60. The van der Waals surface area contributed by atoms with Crippen molar-refractivity contribution in [2.45, 2.75) is 52.2 Å². The first-order chi connectivity index (χ1) is 9.90. The van der Waals surface area contributed by atoms with Gasteiger partial charge in [0.25, 0.3) is 5.56 Å². The summed E-state index contributed by atoms with van der Waals surface area (Å²) in [5.41, 5.74) is 1.12. The minimum atomic E-state index is 0.0478. The maximum atomic E-state index is 12.8. The normalized spacial score (nSPS) is 16.8. The molecule has 1 atom stereocenters. The molecular weight excluding hydrogens is 302 g/mol. The van der Waals surface area contributed by atoms with Crippen LogP contribution < -0.4 is 5.56 Å². The summed E-state index contributed by atoms with van der Waals surface area (Å²) in [7, 11) is 2.14. The smallest absolute Gasteiger partial charge is 0.263 e. The number of nitrogens with one attached hydrogen (secondary N) is 1. The van der Waals surface area contributed by atoms with Gasteiger partial charge in [-0.15, -0.1) is 11.3 Å². The molecule has 1 N–H and O–H groups in total. The Labute approximate surface area is 133 Å². The van der Waals surface area contributed by atoms with Crippen molar-refractivity contribution in [3.05, 3.63) is 25.6 Å². The molecule has 1 saturated carbocycles. The first kappa shape index (κ1) is 14.9. The molecule has 0 saturated heterocycles. The summed E-state index contributed by atoms with van der Waals surface area (Å²) in [5.74, 6) is 0. The highest BCUT2D eigenvalue weighted by Gasteiger charge is 2.29. The molecule has 6 heteroatoms. The quantitative estimate of drug-likeness (QED) is 0.878. The van der Waals surface area contributed by atoms with Crippen LogP contribution in [-0.4, -0.2) is 33.6 Å². The van der Waals surface area contributed by atoms with E-state index in [4.69, 9.17) is 12.2 Å². The molecule has 4 nitrogen and oxygen atoms in total. The van der Waals surface area contributed by atoms with Crippen LogP contribution in [0.3, 0.4) is 0 Å². The van der Waals surface area contributed by atoms with Crippen LogP contribution >= 0.6 is 23.6 Å². The summed E-state index contributed by atoms with van der Waals surface area (Å²) in [6.45, 7) is 6.86. The zero-order chi connectivity index (χ0) is 15.3. The number of aromatic nitrogens is 2. The molecule has 1 aliphatic rings. The Balaban J connectivity index is 2.03. The predicted molar refractivity (Wildman–Crippen MR) is 91.0 cm³/mol. The van der Waals surface area contributed by atoms with Crippen LogP contribution in [0.25, 0.3) is 10.2 Å². The molecule has 1 unspecified atom stereocenters. The zero-order valence-electron chi connectivity index (χ0n) is 12.9. The number of rotatable bonds is 4. The van der Waals surface area contributed by atoms with Gasteiger partial charge in [0.15, 0.2) is 4.77 Å². The number of hydrogen-bond acceptors (Lipinski definition) is 4. The fourth-order valence-corrected chi connectivity index (χ4v) is 4.14. The van der Waals surface area contributed by atoms with Gasteiger partial charge in [0.05, 0.1) is 5.39 Å². The van der Waals surface area contributed by atoms with Gasteiger partial charge in [-0.2, -0.15) is 0 Å². The van der Waals surface area contributed by atoms with Gasteiger partial charge < -0.3 is 4.98 Å². The summed E-state index contributed by atoms with van der Waals surface area (Å²) in [5, 5.41) is 0.798. The molecule has 0 bridgehead atoms. The minimum Gasteiger partial charge on any atom is -0.323 e. The number of nitrogens with zero attached hydrogens (tertiary/aromatic N) is 2. The highest BCUT2D eigenvalue weighted by Crippen LogP contribution is 2.28. The standard InChI is InChI=1S/C15H21N3OS2/c1-8(17(4)11-5-6-11)7-18-14(19)12-9(2)10(3)21-13(12)16-15(18)20/h8,11H,5-7H2,1-4H3,(H,16,20). The van der Waals surface area contributed by atoms with E-state index in [1.54, 1.807) is 15.9 Å². The molecular formula is C15H21N3OS2. The Bertz CT molecular complexity index is 798. The lowest BCUT2D eigenvalue weighted by molar-refractivity contribution is 0.223. The van der Waals surface area contributed by atoms with E-state index in [0.29, 0.717) is 23.4 Å². The molecule has 1 fully saturated rings. The molecule has 114 valence electrons. The van der Waals surface area contributed by atoms with Crippen LogP contribution in [0.5, 0.6) is 0 Å². The van der Waals surface area contributed by atoms with Gasteiger partial charge in [0.1, 0.15) is 4.83 Å². The van der Waals surface area contributed by atoms with Gasteiger partial charge in [-0.25, -0.2) is 0 Å². The fraction of sp³-hybridized carbons (Fsp3) is 0.600. The van der Waals surface area contributed by atoms with E-state index < -0.39 is 0 Å². The van der Waals surface area contributed by atoms with Gasteiger partial charge in [-0.3, -0.25) is 14.3 Å². The van der Waals surface area contributed by atoms with E-state index in [2.05, 4.69) is 23.9 Å². The molecule has 2 aromatic heterocycles. The number of H-pyrrole nitrogens is 1. The van der Waals surface area contributed by atoms with Crippen LogP contribution in [0.15, 0.2) is 4.79 Å². The molecule has 1 aliphatic carbocycles. The van der Waals surface area contributed by atoms with E-state index in [1.807, 2.05) is 13.8 Å². The predicted octanol–water partition coefficient (Wildman–Crippen LogP) is 3.22. The first-order valence-electron chi connectivity index (χ1n) is 7.35. The van der Waals surface area contributed by atoms with Crippen molar-refractivity contribution in [1.82, 2.24) is 14.5 Å². The summed E-state index contributed by atoms with van der Waals surface area (Å²) in [6.07, 6.45) is 2.54. The molecule has 3 rings (SSSR count). The van der Waals surface area contributed by atoms with Crippen LogP contribution in [0.1, 0.15) is 30.2 Å². The van der Waals surface area contributed by atoms with E-state index >= 15 is 0 Å². The monoisotopic (exact) mass is 323 g/mol. The average Bonchev–Trinajstić information content (AvgIpc) is 3.22. The zero-order valence-corrected chi connectivity index (χ0v) is 14.5. The molecule has 0 aliphatic heterocycles. The van der Waals surface area contributed by atoms with Gasteiger partial charge in [-0.05, 0) is 58.4 Å². The van der Waals surface area contributed by atoms with Crippen molar-refractivity contribution in [2.75, 3.05) is 7.05 Å². The summed E-state index contributed by atoms with van der Waals surface area (Å²) in [4.78, 5) is 20.5. The SMILES string of the molecule is Cc1sc2[nH]c(=S)n(CC(C)N(C)C3CC3)c(=O)c2c1C.